The fourth-order valence-electron chi connectivity index (χ4n) is 3.40. The third-order valence-corrected chi connectivity index (χ3v) is 5.58. The monoisotopic (exact) mass is 498 g/mol. The van der Waals surface area contributed by atoms with E-state index in [-0.39, 0.29) is 30.4 Å². The molecule has 0 aliphatic carbocycles. The number of ether oxygens (including phenoxy) is 1. The highest BCUT2D eigenvalue weighted by molar-refractivity contribution is 6.31. The molecule has 4 aromatic rings. The summed E-state index contributed by atoms with van der Waals surface area (Å²) in [5.41, 5.74) is 1.48. The van der Waals surface area contributed by atoms with Gasteiger partial charge in [0.1, 0.15) is 23.9 Å². The van der Waals surface area contributed by atoms with Crippen LogP contribution in [0, 0.1) is 29.8 Å². The summed E-state index contributed by atoms with van der Waals surface area (Å²) in [7, 11) is 0. The maximum absolute atomic E-state index is 14.1. The van der Waals surface area contributed by atoms with Crippen molar-refractivity contribution in [3.63, 3.8) is 0 Å². The molecule has 0 fully saturated rings. The standard InChI is InChI=1S/C24H20ClFN4O5/c1-14-10-16(6-8-21(14)30(32)33)34-13-17-7-9-22(35-17)24(31)27-23-11-15(2)29(28-23)12-18-19(25)4-3-5-20(18)26/h3-11H,12-13H2,1-2H3,(H,27,28,31). The van der Waals surface area contributed by atoms with Crippen LogP contribution in [0.1, 0.15) is 33.1 Å². The first-order chi connectivity index (χ1) is 16.7. The molecule has 0 aliphatic rings. The van der Waals surface area contributed by atoms with E-state index in [1.807, 2.05) is 0 Å². The molecular formula is C24H20ClFN4O5. The summed E-state index contributed by atoms with van der Waals surface area (Å²) in [6.45, 7) is 3.53. The molecule has 2 aromatic heterocycles. The number of hydrogen-bond acceptors (Lipinski definition) is 6. The van der Waals surface area contributed by atoms with Gasteiger partial charge in [0.2, 0.25) is 0 Å². The zero-order chi connectivity index (χ0) is 25.1. The van der Waals surface area contributed by atoms with Gasteiger partial charge in [-0.05, 0) is 50.2 Å². The molecule has 0 unspecified atom stereocenters. The molecule has 9 nitrogen and oxygen atoms in total. The number of carbonyl (C=O) groups excluding carboxylic acids is 1. The van der Waals surface area contributed by atoms with Crippen molar-refractivity contribution in [3.05, 3.63) is 104 Å². The van der Waals surface area contributed by atoms with Gasteiger partial charge in [0.25, 0.3) is 11.6 Å². The van der Waals surface area contributed by atoms with Crippen molar-refractivity contribution in [2.75, 3.05) is 5.32 Å². The van der Waals surface area contributed by atoms with Gasteiger partial charge >= 0.3 is 0 Å². The molecule has 0 saturated carbocycles. The van der Waals surface area contributed by atoms with E-state index >= 15 is 0 Å². The van der Waals surface area contributed by atoms with Crippen molar-refractivity contribution in [2.24, 2.45) is 0 Å². The predicted molar refractivity (Wildman–Crippen MR) is 126 cm³/mol. The molecular weight excluding hydrogens is 479 g/mol. The number of halogens is 2. The molecule has 2 heterocycles. The van der Waals surface area contributed by atoms with Gasteiger partial charge < -0.3 is 14.5 Å². The van der Waals surface area contributed by atoms with E-state index in [4.69, 9.17) is 20.8 Å². The Labute approximate surface area is 204 Å². The van der Waals surface area contributed by atoms with Crippen LogP contribution >= 0.6 is 11.6 Å². The van der Waals surface area contributed by atoms with Gasteiger partial charge in [0.05, 0.1) is 11.5 Å². The second kappa shape index (κ2) is 9.98. The second-order valence-electron chi connectivity index (χ2n) is 7.74. The average molecular weight is 499 g/mol. The van der Waals surface area contributed by atoms with Gasteiger partial charge in [-0.2, -0.15) is 5.10 Å². The number of nitro benzene ring substituents is 1. The Bertz CT molecular complexity index is 1390. The number of benzene rings is 2. The van der Waals surface area contributed by atoms with Gasteiger partial charge in [-0.1, -0.05) is 17.7 Å². The molecule has 2 aromatic carbocycles. The SMILES string of the molecule is Cc1cc(OCc2ccc(C(=O)Nc3cc(C)n(Cc4c(F)cccc4Cl)n3)o2)ccc1[N+](=O)[O-]. The summed E-state index contributed by atoms with van der Waals surface area (Å²) in [5.74, 6) is 0.195. The summed E-state index contributed by atoms with van der Waals surface area (Å²) < 4.78 is 26.8. The Morgan fingerprint density at radius 2 is 2.03 bits per heavy atom. The Balaban J connectivity index is 1.38. The molecule has 0 atom stereocenters. The lowest BCUT2D eigenvalue weighted by Gasteiger charge is -2.07. The van der Waals surface area contributed by atoms with E-state index in [2.05, 4.69) is 10.4 Å². The van der Waals surface area contributed by atoms with Crippen LogP contribution in [0.15, 0.2) is 59.0 Å². The fraction of sp³-hybridized carbons (Fsp3) is 0.167. The molecule has 11 heteroatoms. The molecule has 1 amide bonds. The van der Waals surface area contributed by atoms with Crippen LogP contribution in [0.25, 0.3) is 0 Å². The molecule has 35 heavy (non-hydrogen) atoms. The zero-order valence-electron chi connectivity index (χ0n) is 18.7. The average Bonchev–Trinajstić information content (AvgIpc) is 3.41. The number of hydrogen-bond donors (Lipinski definition) is 1. The van der Waals surface area contributed by atoms with E-state index < -0.39 is 16.6 Å². The number of aryl methyl sites for hydroxylation is 2. The second-order valence-corrected chi connectivity index (χ2v) is 8.15. The lowest BCUT2D eigenvalue weighted by Crippen LogP contribution is -2.12. The van der Waals surface area contributed by atoms with Crippen molar-refractivity contribution in [3.8, 4) is 5.75 Å². The number of nitrogens with one attached hydrogen (secondary N) is 1. The smallest absolute Gasteiger partial charge is 0.292 e. The molecule has 180 valence electrons. The minimum absolute atomic E-state index is 0.00369. The number of amides is 1. The molecule has 0 radical (unpaired) electrons. The molecule has 0 aliphatic heterocycles. The summed E-state index contributed by atoms with van der Waals surface area (Å²) in [6.07, 6.45) is 0. The normalized spacial score (nSPS) is 10.9. The van der Waals surface area contributed by atoms with E-state index in [1.165, 1.54) is 35.0 Å². The fourth-order valence-corrected chi connectivity index (χ4v) is 3.62. The van der Waals surface area contributed by atoms with Crippen LogP contribution in [-0.2, 0) is 13.2 Å². The predicted octanol–water partition coefficient (Wildman–Crippen LogP) is 5.67. The van der Waals surface area contributed by atoms with Crippen LogP contribution in [0.3, 0.4) is 0 Å². The van der Waals surface area contributed by atoms with Gasteiger partial charge in [0.15, 0.2) is 11.6 Å². The third-order valence-electron chi connectivity index (χ3n) is 5.22. The number of anilines is 1. The Kier molecular flexibility index (Phi) is 6.83. The lowest BCUT2D eigenvalue weighted by atomic mass is 10.2. The van der Waals surface area contributed by atoms with E-state index in [0.29, 0.717) is 33.4 Å². The Hall–Kier alpha value is -4.18. The van der Waals surface area contributed by atoms with Crippen LogP contribution in [0.4, 0.5) is 15.9 Å². The topological polar surface area (TPSA) is 112 Å². The van der Waals surface area contributed by atoms with E-state index in [1.54, 1.807) is 38.1 Å². The van der Waals surface area contributed by atoms with Crippen LogP contribution in [0.2, 0.25) is 5.02 Å². The Morgan fingerprint density at radius 1 is 1.23 bits per heavy atom. The number of nitro groups is 1. The van der Waals surface area contributed by atoms with Crippen molar-refractivity contribution < 1.29 is 23.3 Å². The maximum atomic E-state index is 14.1. The Morgan fingerprint density at radius 3 is 2.74 bits per heavy atom. The lowest BCUT2D eigenvalue weighted by molar-refractivity contribution is -0.385. The maximum Gasteiger partial charge on any atom is 0.292 e. The highest BCUT2D eigenvalue weighted by Gasteiger charge is 2.16. The van der Waals surface area contributed by atoms with Gasteiger partial charge in [-0.15, -0.1) is 0 Å². The number of aromatic nitrogens is 2. The van der Waals surface area contributed by atoms with Crippen LogP contribution < -0.4 is 10.1 Å². The quantitative estimate of drug-likeness (QED) is 0.247. The summed E-state index contributed by atoms with van der Waals surface area (Å²) in [6, 6.07) is 13.6. The minimum atomic E-state index is -0.518. The van der Waals surface area contributed by atoms with Gasteiger partial charge in [0, 0.05) is 34.0 Å². The minimum Gasteiger partial charge on any atom is -0.486 e. The first-order valence-corrected chi connectivity index (χ1v) is 10.8. The summed E-state index contributed by atoms with van der Waals surface area (Å²) in [4.78, 5) is 23.1. The molecule has 4 rings (SSSR count). The van der Waals surface area contributed by atoms with E-state index in [9.17, 15) is 19.3 Å². The molecule has 0 bridgehead atoms. The zero-order valence-corrected chi connectivity index (χ0v) is 19.5. The number of rotatable bonds is 8. The number of carbonyl (C=O) groups is 1. The summed E-state index contributed by atoms with van der Waals surface area (Å²) in [5, 5.41) is 18.2. The van der Waals surface area contributed by atoms with E-state index in [0.717, 1.165) is 0 Å². The third kappa shape index (κ3) is 5.49. The van der Waals surface area contributed by atoms with Crippen LogP contribution in [0.5, 0.6) is 5.75 Å². The first kappa shape index (κ1) is 24.0. The van der Waals surface area contributed by atoms with Crippen molar-refractivity contribution in [1.82, 2.24) is 9.78 Å². The molecule has 0 saturated heterocycles. The number of furan rings is 1. The van der Waals surface area contributed by atoms with Crippen molar-refractivity contribution in [1.29, 1.82) is 0 Å². The molecule has 0 spiro atoms. The highest BCUT2D eigenvalue weighted by atomic mass is 35.5. The highest BCUT2D eigenvalue weighted by Crippen LogP contribution is 2.24. The van der Waals surface area contributed by atoms with Gasteiger partial charge in [-0.3, -0.25) is 19.6 Å². The summed E-state index contributed by atoms with van der Waals surface area (Å²) >= 11 is 6.10. The first-order valence-electron chi connectivity index (χ1n) is 10.5. The number of nitrogens with zero attached hydrogens (tertiary/aromatic N) is 3. The van der Waals surface area contributed by atoms with Crippen LogP contribution in [-0.4, -0.2) is 20.6 Å². The van der Waals surface area contributed by atoms with Crippen molar-refractivity contribution in [2.45, 2.75) is 27.0 Å². The molecule has 1 N–H and O–H groups in total. The van der Waals surface area contributed by atoms with Gasteiger partial charge in [-0.25, -0.2) is 4.39 Å². The van der Waals surface area contributed by atoms with Crippen molar-refractivity contribution >= 4 is 29.0 Å². The largest absolute Gasteiger partial charge is 0.486 e.